The fourth-order valence-electron chi connectivity index (χ4n) is 2.67. The Bertz CT molecular complexity index is 667. The molecule has 1 aromatic heterocycles. The Labute approximate surface area is 143 Å². The molecular formula is C19H27N3O2. The van der Waals surface area contributed by atoms with Crippen LogP contribution in [0.25, 0.3) is 0 Å². The van der Waals surface area contributed by atoms with Crippen LogP contribution in [0.3, 0.4) is 0 Å². The van der Waals surface area contributed by atoms with Crippen molar-refractivity contribution >= 4 is 6.29 Å². The molecular weight excluding hydrogens is 302 g/mol. The van der Waals surface area contributed by atoms with Crippen molar-refractivity contribution in [2.45, 2.75) is 45.8 Å². The highest BCUT2D eigenvalue weighted by Gasteiger charge is 2.29. The van der Waals surface area contributed by atoms with E-state index >= 15 is 0 Å². The lowest BCUT2D eigenvalue weighted by molar-refractivity contribution is -0.116. The summed E-state index contributed by atoms with van der Waals surface area (Å²) < 4.78 is 5.77. The van der Waals surface area contributed by atoms with E-state index in [4.69, 9.17) is 10.5 Å². The van der Waals surface area contributed by atoms with Gasteiger partial charge in [0.1, 0.15) is 6.29 Å². The number of carbonyl (C=O) groups excluding carboxylic acids is 1. The summed E-state index contributed by atoms with van der Waals surface area (Å²) in [5.74, 6) is 0.259. The predicted molar refractivity (Wildman–Crippen MR) is 94.8 cm³/mol. The van der Waals surface area contributed by atoms with Crippen molar-refractivity contribution in [1.82, 2.24) is 9.97 Å². The first-order valence-corrected chi connectivity index (χ1v) is 8.28. The number of nitrogens with zero attached hydrogens (tertiary/aromatic N) is 1. The lowest BCUT2D eigenvalue weighted by Gasteiger charge is -2.27. The first-order valence-electron chi connectivity index (χ1n) is 8.28. The number of ether oxygens (including phenoxy) is 1. The fraction of sp³-hybridized carbons (Fsp3) is 0.474. The smallest absolute Gasteiger partial charge is 0.142 e. The monoisotopic (exact) mass is 329 g/mol. The number of aromatic amines is 1. The Hall–Kier alpha value is -1.98. The minimum Gasteiger partial charge on any atom is -0.374 e. The van der Waals surface area contributed by atoms with Crippen LogP contribution in [0.5, 0.6) is 0 Å². The van der Waals surface area contributed by atoms with Gasteiger partial charge in [0.25, 0.3) is 0 Å². The molecule has 0 spiro atoms. The standard InChI is InChI=1S/C19H27N3O2/c1-13(2)19(20,10-23)11-24-9-16-6-5-7-17(14(16)3)15(4)18-8-21-12-22-18/h5-8,10,12-13,15H,9,11,20H2,1-4H3,(H,21,22)/t15-,19?/m0/s1. The third-order valence-corrected chi connectivity index (χ3v) is 4.84. The molecule has 1 heterocycles. The average molecular weight is 329 g/mol. The van der Waals surface area contributed by atoms with Gasteiger partial charge in [0.05, 0.1) is 25.1 Å². The molecule has 0 saturated heterocycles. The molecule has 0 amide bonds. The van der Waals surface area contributed by atoms with Crippen LogP contribution in [0.1, 0.15) is 49.1 Å². The zero-order valence-corrected chi connectivity index (χ0v) is 14.9. The number of benzene rings is 1. The predicted octanol–water partition coefficient (Wildman–Crippen LogP) is 2.94. The molecule has 24 heavy (non-hydrogen) atoms. The minimum atomic E-state index is -0.936. The van der Waals surface area contributed by atoms with Crippen molar-refractivity contribution in [3.63, 3.8) is 0 Å². The van der Waals surface area contributed by atoms with E-state index in [9.17, 15) is 4.79 Å². The maximum absolute atomic E-state index is 11.2. The fourth-order valence-corrected chi connectivity index (χ4v) is 2.67. The van der Waals surface area contributed by atoms with Gasteiger partial charge in [-0.1, -0.05) is 39.0 Å². The van der Waals surface area contributed by atoms with Crippen LogP contribution in [0, 0.1) is 12.8 Å². The number of carbonyl (C=O) groups is 1. The molecule has 130 valence electrons. The van der Waals surface area contributed by atoms with Gasteiger partial charge >= 0.3 is 0 Å². The van der Waals surface area contributed by atoms with Gasteiger partial charge in [-0.25, -0.2) is 4.98 Å². The molecule has 0 aliphatic heterocycles. The van der Waals surface area contributed by atoms with E-state index in [-0.39, 0.29) is 18.4 Å². The van der Waals surface area contributed by atoms with Gasteiger partial charge in [0.15, 0.2) is 0 Å². The molecule has 0 saturated carbocycles. The maximum atomic E-state index is 11.2. The van der Waals surface area contributed by atoms with E-state index in [1.165, 1.54) is 11.1 Å². The summed E-state index contributed by atoms with van der Waals surface area (Å²) in [5, 5.41) is 0. The van der Waals surface area contributed by atoms with Crippen LogP contribution in [0.2, 0.25) is 0 Å². The molecule has 3 N–H and O–H groups in total. The summed E-state index contributed by atoms with van der Waals surface area (Å²) in [6.07, 6.45) is 4.34. The first kappa shape index (κ1) is 18.4. The second kappa shape index (κ2) is 7.73. The van der Waals surface area contributed by atoms with Crippen molar-refractivity contribution in [2.24, 2.45) is 11.7 Å². The van der Waals surface area contributed by atoms with Gasteiger partial charge in [-0.05, 0) is 29.5 Å². The summed E-state index contributed by atoms with van der Waals surface area (Å²) >= 11 is 0. The molecule has 0 radical (unpaired) electrons. The van der Waals surface area contributed by atoms with E-state index in [0.717, 1.165) is 17.5 Å². The van der Waals surface area contributed by atoms with E-state index < -0.39 is 5.54 Å². The third kappa shape index (κ3) is 3.91. The SMILES string of the molecule is Cc1c(COCC(N)(C=O)C(C)C)cccc1[C@H](C)c1cnc[nH]1. The summed E-state index contributed by atoms with van der Waals surface area (Å²) in [4.78, 5) is 18.5. The van der Waals surface area contributed by atoms with Crippen LogP contribution in [-0.4, -0.2) is 28.4 Å². The maximum Gasteiger partial charge on any atom is 0.142 e. The lowest BCUT2D eigenvalue weighted by atomic mass is 9.90. The molecule has 5 nitrogen and oxygen atoms in total. The van der Waals surface area contributed by atoms with Crippen molar-refractivity contribution < 1.29 is 9.53 Å². The number of H-pyrrole nitrogens is 1. The number of hydrogen-bond acceptors (Lipinski definition) is 4. The van der Waals surface area contributed by atoms with Gasteiger partial charge < -0.3 is 20.2 Å². The number of hydrogen-bond donors (Lipinski definition) is 2. The molecule has 1 aromatic carbocycles. The Morgan fingerprint density at radius 2 is 2.12 bits per heavy atom. The van der Waals surface area contributed by atoms with Crippen molar-refractivity contribution in [1.29, 1.82) is 0 Å². The van der Waals surface area contributed by atoms with Crippen LogP contribution in [-0.2, 0) is 16.1 Å². The van der Waals surface area contributed by atoms with E-state index in [1.54, 1.807) is 6.33 Å². The highest BCUT2D eigenvalue weighted by Crippen LogP contribution is 2.27. The van der Waals surface area contributed by atoms with Gasteiger partial charge in [-0.15, -0.1) is 0 Å². The van der Waals surface area contributed by atoms with Crippen molar-refractivity contribution in [3.05, 3.63) is 53.1 Å². The molecule has 2 rings (SSSR count). The highest BCUT2D eigenvalue weighted by molar-refractivity contribution is 5.64. The second-order valence-corrected chi connectivity index (χ2v) is 6.74. The number of rotatable bonds is 8. The normalized spacial score (nSPS) is 15.2. The summed E-state index contributed by atoms with van der Waals surface area (Å²) in [6, 6.07) is 6.20. The lowest BCUT2D eigenvalue weighted by Crippen LogP contribution is -2.50. The van der Waals surface area contributed by atoms with E-state index in [0.29, 0.717) is 6.61 Å². The molecule has 0 aliphatic rings. The number of nitrogens with one attached hydrogen (secondary N) is 1. The Morgan fingerprint density at radius 3 is 2.71 bits per heavy atom. The molecule has 0 bridgehead atoms. The molecule has 0 aliphatic carbocycles. The zero-order chi connectivity index (χ0) is 17.7. The molecule has 2 atom stereocenters. The summed E-state index contributed by atoms with van der Waals surface area (Å²) in [6.45, 7) is 8.75. The third-order valence-electron chi connectivity index (χ3n) is 4.84. The van der Waals surface area contributed by atoms with E-state index in [1.807, 2.05) is 32.2 Å². The van der Waals surface area contributed by atoms with Crippen LogP contribution in [0.4, 0.5) is 0 Å². The molecule has 1 unspecified atom stereocenters. The molecule has 0 fully saturated rings. The molecule has 2 aromatic rings. The Kier molecular flexibility index (Phi) is 5.91. The largest absolute Gasteiger partial charge is 0.374 e. The Balaban J connectivity index is 2.10. The highest BCUT2D eigenvalue weighted by atomic mass is 16.5. The number of nitrogens with two attached hydrogens (primary N) is 1. The van der Waals surface area contributed by atoms with Gasteiger partial charge in [-0.2, -0.15) is 0 Å². The van der Waals surface area contributed by atoms with Gasteiger partial charge in [0.2, 0.25) is 0 Å². The summed E-state index contributed by atoms with van der Waals surface area (Å²) in [7, 11) is 0. The van der Waals surface area contributed by atoms with Crippen LogP contribution in [0.15, 0.2) is 30.7 Å². The Morgan fingerprint density at radius 1 is 1.38 bits per heavy atom. The van der Waals surface area contributed by atoms with Crippen molar-refractivity contribution in [3.8, 4) is 0 Å². The van der Waals surface area contributed by atoms with Crippen LogP contribution >= 0.6 is 0 Å². The second-order valence-electron chi connectivity index (χ2n) is 6.74. The first-order chi connectivity index (χ1) is 11.4. The number of aldehydes is 1. The van der Waals surface area contributed by atoms with Crippen molar-refractivity contribution in [2.75, 3.05) is 6.61 Å². The van der Waals surface area contributed by atoms with Gasteiger partial charge in [-0.3, -0.25) is 0 Å². The van der Waals surface area contributed by atoms with E-state index in [2.05, 4.69) is 29.9 Å². The topological polar surface area (TPSA) is 81.0 Å². The van der Waals surface area contributed by atoms with Gasteiger partial charge in [0, 0.05) is 17.8 Å². The minimum absolute atomic E-state index is 0.0304. The zero-order valence-electron chi connectivity index (χ0n) is 14.9. The number of imidazole rings is 1. The average Bonchev–Trinajstić information content (AvgIpc) is 3.10. The summed E-state index contributed by atoms with van der Waals surface area (Å²) in [5.41, 5.74) is 9.76. The number of aromatic nitrogens is 2. The van der Waals surface area contributed by atoms with Crippen LogP contribution < -0.4 is 5.73 Å². The molecule has 5 heteroatoms. The quantitative estimate of drug-likeness (QED) is 0.730.